The zero-order valence-electron chi connectivity index (χ0n) is 16.6. The fourth-order valence-corrected chi connectivity index (χ4v) is 3.78. The van der Waals surface area contributed by atoms with Crippen LogP contribution < -0.4 is 4.74 Å². The Hall–Kier alpha value is -2.29. The highest BCUT2D eigenvalue weighted by Gasteiger charge is 2.28. The summed E-state index contributed by atoms with van der Waals surface area (Å²) >= 11 is 0. The Morgan fingerprint density at radius 3 is 2.26 bits per heavy atom. The van der Waals surface area contributed by atoms with Crippen molar-refractivity contribution in [1.29, 1.82) is 0 Å². The zero-order valence-corrected chi connectivity index (χ0v) is 16.6. The molecule has 27 heavy (non-hydrogen) atoms. The molecule has 2 aromatic carbocycles. The number of hydrogen-bond acceptors (Lipinski definition) is 2. The van der Waals surface area contributed by atoms with E-state index in [9.17, 15) is 4.79 Å². The number of likely N-dealkylation sites (tertiary alicyclic amines) is 1. The molecule has 0 N–H and O–H groups in total. The number of benzene rings is 2. The number of rotatable bonds is 7. The fraction of sp³-hybridized carbons (Fsp3) is 0.458. The van der Waals surface area contributed by atoms with E-state index < -0.39 is 0 Å². The highest BCUT2D eigenvalue weighted by Crippen LogP contribution is 2.23. The summed E-state index contributed by atoms with van der Waals surface area (Å²) in [6, 6.07) is 18.7. The molecule has 3 nitrogen and oxygen atoms in total. The third-order valence-corrected chi connectivity index (χ3v) is 5.55. The molecule has 1 amide bonds. The van der Waals surface area contributed by atoms with Gasteiger partial charge in [0.2, 0.25) is 0 Å². The predicted molar refractivity (Wildman–Crippen MR) is 110 cm³/mol. The molecule has 1 aliphatic heterocycles. The minimum absolute atomic E-state index is 0.134. The molecule has 2 aromatic rings. The third kappa shape index (κ3) is 5.35. The van der Waals surface area contributed by atoms with E-state index in [-0.39, 0.29) is 12.0 Å². The molecule has 144 valence electrons. The molecule has 0 aliphatic carbocycles. The highest BCUT2D eigenvalue weighted by molar-refractivity contribution is 5.81. The molecule has 0 bridgehead atoms. The second-order valence-corrected chi connectivity index (χ2v) is 7.47. The average molecular weight is 366 g/mol. The first-order valence-corrected chi connectivity index (χ1v) is 10.3. The molecule has 1 saturated heterocycles. The molecular formula is C24H31NO2. The zero-order chi connectivity index (χ0) is 19.1. The summed E-state index contributed by atoms with van der Waals surface area (Å²) in [5, 5.41) is 0. The number of carbonyl (C=O) groups is 1. The van der Waals surface area contributed by atoms with Crippen LogP contribution in [0, 0.1) is 5.92 Å². The summed E-state index contributed by atoms with van der Waals surface area (Å²) in [6.45, 7) is 5.83. The monoisotopic (exact) mass is 365 g/mol. The van der Waals surface area contributed by atoms with Gasteiger partial charge in [-0.3, -0.25) is 4.79 Å². The number of carbonyl (C=O) groups excluding carboxylic acids is 1. The summed E-state index contributed by atoms with van der Waals surface area (Å²) < 4.78 is 6.01. The Bertz CT molecular complexity index is 703. The maximum Gasteiger partial charge on any atom is 0.263 e. The normalized spacial score (nSPS) is 16.1. The van der Waals surface area contributed by atoms with Gasteiger partial charge in [-0.15, -0.1) is 0 Å². The Labute approximate surface area is 163 Å². The van der Waals surface area contributed by atoms with Gasteiger partial charge in [-0.2, -0.15) is 0 Å². The second kappa shape index (κ2) is 9.59. The standard InChI is InChI=1S/C24H31NO2/c1-3-19-10-12-22(13-11-19)27-23(4-2)24(26)25-16-14-21(15-17-25)18-20-8-6-5-7-9-20/h5-13,21,23H,3-4,14-18H2,1-2H3. The average Bonchev–Trinajstić information content (AvgIpc) is 2.73. The van der Waals surface area contributed by atoms with E-state index in [1.165, 1.54) is 11.1 Å². The van der Waals surface area contributed by atoms with Gasteiger partial charge >= 0.3 is 0 Å². The van der Waals surface area contributed by atoms with Crippen LogP contribution in [-0.4, -0.2) is 30.0 Å². The maximum atomic E-state index is 12.9. The molecule has 0 radical (unpaired) electrons. The molecule has 1 unspecified atom stereocenters. The summed E-state index contributed by atoms with van der Waals surface area (Å²) in [4.78, 5) is 14.9. The Balaban J connectivity index is 1.52. The van der Waals surface area contributed by atoms with Gasteiger partial charge in [0.1, 0.15) is 5.75 Å². The third-order valence-electron chi connectivity index (χ3n) is 5.55. The van der Waals surface area contributed by atoms with Crippen molar-refractivity contribution in [1.82, 2.24) is 4.90 Å². The van der Waals surface area contributed by atoms with Crippen LogP contribution in [0.4, 0.5) is 0 Å². The molecule has 3 rings (SSSR count). The SMILES string of the molecule is CCc1ccc(OC(CC)C(=O)N2CCC(Cc3ccccc3)CC2)cc1. The number of piperidine rings is 1. The van der Waals surface area contributed by atoms with Crippen LogP contribution in [0.2, 0.25) is 0 Å². The minimum Gasteiger partial charge on any atom is -0.481 e. The lowest BCUT2D eigenvalue weighted by Crippen LogP contribution is -2.45. The van der Waals surface area contributed by atoms with E-state index in [2.05, 4.69) is 49.4 Å². The van der Waals surface area contributed by atoms with Crippen LogP contribution >= 0.6 is 0 Å². The van der Waals surface area contributed by atoms with Crippen molar-refractivity contribution in [2.45, 2.75) is 52.1 Å². The minimum atomic E-state index is -0.386. The van der Waals surface area contributed by atoms with Crippen LogP contribution in [0.3, 0.4) is 0 Å². The largest absolute Gasteiger partial charge is 0.481 e. The Kier molecular flexibility index (Phi) is 6.92. The number of hydrogen-bond donors (Lipinski definition) is 0. The van der Waals surface area contributed by atoms with Crippen molar-refractivity contribution in [3.8, 4) is 5.75 Å². The summed E-state index contributed by atoms with van der Waals surface area (Å²) in [5.74, 6) is 1.58. The van der Waals surface area contributed by atoms with Gasteiger partial charge in [-0.1, -0.05) is 56.3 Å². The first kappa shape index (κ1) is 19.5. The molecule has 0 spiro atoms. The van der Waals surface area contributed by atoms with Gasteiger partial charge < -0.3 is 9.64 Å². The quantitative estimate of drug-likeness (QED) is 0.699. The molecule has 1 heterocycles. The lowest BCUT2D eigenvalue weighted by molar-refractivity contribution is -0.140. The van der Waals surface area contributed by atoms with Crippen molar-refractivity contribution in [2.75, 3.05) is 13.1 Å². The van der Waals surface area contributed by atoms with E-state index in [0.717, 1.165) is 44.5 Å². The topological polar surface area (TPSA) is 29.5 Å². The van der Waals surface area contributed by atoms with Crippen LogP contribution in [-0.2, 0) is 17.6 Å². The first-order valence-electron chi connectivity index (χ1n) is 10.3. The molecule has 1 aliphatic rings. The number of ether oxygens (including phenoxy) is 1. The predicted octanol–water partition coefficient (Wildman–Crippen LogP) is 4.89. The summed E-state index contributed by atoms with van der Waals surface area (Å²) in [5.41, 5.74) is 2.68. The van der Waals surface area contributed by atoms with Gasteiger partial charge in [0.25, 0.3) is 5.91 Å². The van der Waals surface area contributed by atoms with Crippen molar-refractivity contribution in [3.63, 3.8) is 0 Å². The van der Waals surface area contributed by atoms with Gasteiger partial charge in [0.15, 0.2) is 6.10 Å². The van der Waals surface area contributed by atoms with Crippen LogP contribution in [0.5, 0.6) is 5.75 Å². The molecule has 1 atom stereocenters. The summed E-state index contributed by atoms with van der Waals surface area (Å²) in [7, 11) is 0. The van der Waals surface area contributed by atoms with Crippen LogP contribution in [0.1, 0.15) is 44.2 Å². The molecule has 3 heteroatoms. The molecule has 0 aromatic heterocycles. The van der Waals surface area contributed by atoms with Gasteiger partial charge in [0.05, 0.1) is 0 Å². The Morgan fingerprint density at radius 1 is 1.00 bits per heavy atom. The highest BCUT2D eigenvalue weighted by atomic mass is 16.5. The number of aryl methyl sites for hydroxylation is 1. The Morgan fingerprint density at radius 2 is 1.67 bits per heavy atom. The van der Waals surface area contributed by atoms with Gasteiger partial charge in [-0.25, -0.2) is 0 Å². The number of amides is 1. The lowest BCUT2D eigenvalue weighted by atomic mass is 9.90. The van der Waals surface area contributed by atoms with Gasteiger partial charge in [-0.05, 0) is 61.3 Å². The van der Waals surface area contributed by atoms with E-state index in [1.54, 1.807) is 0 Å². The van der Waals surface area contributed by atoms with Crippen molar-refractivity contribution in [2.24, 2.45) is 5.92 Å². The maximum absolute atomic E-state index is 12.9. The fourth-order valence-electron chi connectivity index (χ4n) is 3.78. The second-order valence-electron chi connectivity index (χ2n) is 7.47. The first-order chi connectivity index (χ1) is 13.2. The van der Waals surface area contributed by atoms with E-state index in [1.807, 2.05) is 24.0 Å². The van der Waals surface area contributed by atoms with Crippen LogP contribution in [0.15, 0.2) is 54.6 Å². The van der Waals surface area contributed by atoms with Crippen molar-refractivity contribution < 1.29 is 9.53 Å². The van der Waals surface area contributed by atoms with Crippen molar-refractivity contribution in [3.05, 3.63) is 65.7 Å². The summed E-state index contributed by atoms with van der Waals surface area (Å²) in [6.07, 6.45) is 4.57. The van der Waals surface area contributed by atoms with E-state index >= 15 is 0 Å². The lowest BCUT2D eigenvalue weighted by Gasteiger charge is -2.34. The van der Waals surface area contributed by atoms with Crippen LogP contribution in [0.25, 0.3) is 0 Å². The smallest absolute Gasteiger partial charge is 0.263 e. The van der Waals surface area contributed by atoms with Crippen molar-refractivity contribution >= 4 is 5.91 Å². The molecule has 0 saturated carbocycles. The number of nitrogens with zero attached hydrogens (tertiary/aromatic N) is 1. The molecular weight excluding hydrogens is 334 g/mol. The van der Waals surface area contributed by atoms with E-state index in [4.69, 9.17) is 4.74 Å². The molecule has 1 fully saturated rings. The van der Waals surface area contributed by atoms with E-state index in [0.29, 0.717) is 12.3 Å². The van der Waals surface area contributed by atoms with Gasteiger partial charge in [0, 0.05) is 13.1 Å².